The van der Waals surface area contributed by atoms with Crippen molar-refractivity contribution < 1.29 is 14.3 Å². The molecule has 0 radical (unpaired) electrons. The molecule has 0 aliphatic rings. The molecule has 0 unspecified atom stereocenters. The standard InChI is InChI=1S/C16H15N5O3S2/c1-8-14(16(23)20-9-3-4-12(24-2)18-6-9)10(26-21-8)5-13-19-7-11(25-13)15(17)22/h3-4,6-7H,5H2,1-2H3,(H2,17,22)(H,20,23). The minimum atomic E-state index is -0.515. The molecular formula is C16H15N5O3S2. The Kier molecular flexibility index (Phi) is 5.24. The number of aryl methyl sites for hydroxylation is 1. The van der Waals surface area contributed by atoms with Crippen LogP contribution in [-0.2, 0) is 6.42 Å². The van der Waals surface area contributed by atoms with Crippen molar-refractivity contribution in [1.29, 1.82) is 0 Å². The molecule has 3 aromatic heterocycles. The molecule has 2 amide bonds. The summed E-state index contributed by atoms with van der Waals surface area (Å²) in [5.74, 6) is -0.324. The van der Waals surface area contributed by atoms with Crippen molar-refractivity contribution in [2.45, 2.75) is 13.3 Å². The van der Waals surface area contributed by atoms with Gasteiger partial charge in [0, 0.05) is 17.4 Å². The Morgan fingerprint density at radius 3 is 2.69 bits per heavy atom. The summed E-state index contributed by atoms with van der Waals surface area (Å²) in [6.07, 6.45) is 3.37. The maximum Gasteiger partial charge on any atom is 0.260 e. The number of methoxy groups -OCH3 is 1. The van der Waals surface area contributed by atoms with Crippen molar-refractivity contribution >= 4 is 40.4 Å². The van der Waals surface area contributed by atoms with Gasteiger partial charge in [-0.25, -0.2) is 9.97 Å². The third kappa shape index (κ3) is 3.86. The summed E-state index contributed by atoms with van der Waals surface area (Å²) in [6.45, 7) is 1.78. The van der Waals surface area contributed by atoms with Gasteiger partial charge in [-0.1, -0.05) is 0 Å². The number of aromatic nitrogens is 3. The third-order valence-corrected chi connectivity index (χ3v) is 5.42. The Labute approximate surface area is 157 Å². The van der Waals surface area contributed by atoms with E-state index in [4.69, 9.17) is 10.5 Å². The lowest BCUT2D eigenvalue weighted by atomic mass is 10.1. The number of carbonyl (C=O) groups is 2. The fraction of sp³-hybridized carbons (Fsp3) is 0.188. The van der Waals surface area contributed by atoms with E-state index in [0.717, 1.165) is 4.88 Å². The van der Waals surface area contributed by atoms with Gasteiger partial charge in [-0.15, -0.1) is 11.3 Å². The minimum absolute atomic E-state index is 0.273. The third-order valence-electron chi connectivity index (χ3n) is 3.47. The van der Waals surface area contributed by atoms with Gasteiger partial charge in [-0.2, -0.15) is 4.37 Å². The second kappa shape index (κ2) is 7.58. The predicted octanol–water partition coefficient (Wildman–Crippen LogP) is 2.25. The molecule has 0 saturated carbocycles. The summed E-state index contributed by atoms with van der Waals surface area (Å²) in [6, 6.07) is 3.37. The maximum absolute atomic E-state index is 12.7. The largest absolute Gasteiger partial charge is 0.481 e. The highest BCUT2D eigenvalue weighted by atomic mass is 32.1. The molecule has 0 bridgehead atoms. The normalized spacial score (nSPS) is 10.5. The number of rotatable bonds is 6. The highest BCUT2D eigenvalue weighted by Crippen LogP contribution is 2.25. The topological polar surface area (TPSA) is 120 Å². The SMILES string of the molecule is COc1ccc(NC(=O)c2c(C)nsc2Cc2ncc(C(N)=O)s2)cn1. The van der Waals surface area contributed by atoms with Gasteiger partial charge in [-0.05, 0) is 24.5 Å². The van der Waals surface area contributed by atoms with Crippen LogP contribution >= 0.6 is 22.9 Å². The molecule has 3 N–H and O–H groups in total. The Balaban J connectivity index is 1.79. The average Bonchev–Trinajstić information content (AvgIpc) is 3.23. The van der Waals surface area contributed by atoms with Crippen LogP contribution in [0.3, 0.4) is 0 Å². The molecule has 134 valence electrons. The lowest BCUT2D eigenvalue weighted by Gasteiger charge is -2.06. The molecular weight excluding hydrogens is 374 g/mol. The van der Waals surface area contributed by atoms with Crippen LogP contribution in [0, 0.1) is 6.92 Å². The number of hydrogen-bond donors (Lipinski definition) is 2. The number of anilines is 1. The van der Waals surface area contributed by atoms with E-state index < -0.39 is 5.91 Å². The van der Waals surface area contributed by atoms with E-state index in [9.17, 15) is 9.59 Å². The summed E-state index contributed by atoms with van der Waals surface area (Å²) >= 11 is 2.45. The molecule has 0 aliphatic heterocycles. The summed E-state index contributed by atoms with van der Waals surface area (Å²) in [4.78, 5) is 33.3. The zero-order chi connectivity index (χ0) is 18.7. The van der Waals surface area contributed by atoms with Crippen molar-refractivity contribution in [2.75, 3.05) is 12.4 Å². The van der Waals surface area contributed by atoms with E-state index in [-0.39, 0.29) is 5.91 Å². The molecule has 3 rings (SSSR count). The smallest absolute Gasteiger partial charge is 0.260 e. The fourth-order valence-electron chi connectivity index (χ4n) is 2.24. The summed E-state index contributed by atoms with van der Waals surface area (Å²) in [5, 5.41) is 3.50. The van der Waals surface area contributed by atoms with E-state index in [1.807, 2.05) is 0 Å². The van der Waals surface area contributed by atoms with Gasteiger partial charge in [0.25, 0.3) is 11.8 Å². The summed E-state index contributed by atoms with van der Waals surface area (Å²) in [7, 11) is 1.52. The fourth-order valence-corrected chi connectivity index (χ4v) is 3.98. The molecule has 0 spiro atoms. The van der Waals surface area contributed by atoms with Crippen molar-refractivity contribution in [3.63, 3.8) is 0 Å². The predicted molar refractivity (Wildman–Crippen MR) is 99.0 cm³/mol. The molecule has 8 nitrogen and oxygen atoms in total. The second-order valence-electron chi connectivity index (χ2n) is 5.27. The van der Waals surface area contributed by atoms with Gasteiger partial charge < -0.3 is 15.8 Å². The lowest BCUT2D eigenvalue weighted by molar-refractivity contribution is 0.100. The van der Waals surface area contributed by atoms with Crippen LogP contribution < -0.4 is 15.8 Å². The van der Waals surface area contributed by atoms with Gasteiger partial charge in [0.15, 0.2) is 0 Å². The van der Waals surface area contributed by atoms with Crippen molar-refractivity contribution in [3.8, 4) is 5.88 Å². The number of thiazole rings is 1. The Morgan fingerprint density at radius 2 is 2.08 bits per heavy atom. The monoisotopic (exact) mass is 389 g/mol. The zero-order valence-electron chi connectivity index (χ0n) is 14.0. The molecule has 0 aliphatic carbocycles. The van der Waals surface area contributed by atoms with E-state index in [2.05, 4.69) is 19.7 Å². The molecule has 0 atom stereocenters. The number of amides is 2. The van der Waals surface area contributed by atoms with Crippen LogP contribution in [0.5, 0.6) is 5.88 Å². The molecule has 0 aromatic carbocycles. The molecule has 3 heterocycles. The van der Waals surface area contributed by atoms with Crippen LogP contribution in [0.4, 0.5) is 5.69 Å². The van der Waals surface area contributed by atoms with Crippen LogP contribution in [0.2, 0.25) is 0 Å². The molecule has 26 heavy (non-hydrogen) atoms. The first kappa shape index (κ1) is 18.0. The number of nitrogens with zero attached hydrogens (tertiary/aromatic N) is 3. The Bertz CT molecular complexity index is 949. The number of nitrogens with one attached hydrogen (secondary N) is 1. The van der Waals surface area contributed by atoms with Gasteiger partial charge in [0.05, 0.1) is 41.5 Å². The van der Waals surface area contributed by atoms with E-state index in [1.54, 1.807) is 19.1 Å². The van der Waals surface area contributed by atoms with Gasteiger partial charge in [-0.3, -0.25) is 9.59 Å². The second-order valence-corrected chi connectivity index (χ2v) is 7.24. The first-order valence-electron chi connectivity index (χ1n) is 7.49. The van der Waals surface area contributed by atoms with Gasteiger partial charge in [0.1, 0.15) is 4.88 Å². The number of pyridine rings is 1. The molecule has 0 fully saturated rings. The van der Waals surface area contributed by atoms with Crippen molar-refractivity contribution in [1.82, 2.24) is 14.3 Å². The van der Waals surface area contributed by atoms with Crippen LogP contribution in [0.1, 0.15) is 35.6 Å². The Hall–Kier alpha value is -2.85. The van der Waals surface area contributed by atoms with E-state index in [1.165, 1.54) is 42.4 Å². The minimum Gasteiger partial charge on any atom is -0.481 e. The summed E-state index contributed by atoms with van der Waals surface area (Å²) < 4.78 is 9.27. The van der Waals surface area contributed by atoms with Crippen LogP contribution in [-0.4, -0.2) is 33.3 Å². The van der Waals surface area contributed by atoms with Crippen LogP contribution in [0.25, 0.3) is 0 Å². The maximum atomic E-state index is 12.7. The highest BCUT2D eigenvalue weighted by Gasteiger charge is 2.20. The summed E-state index contributed by atoms with van der Waals surface area (Å²) in [5.41, 5.74) is 6.94. The number of ether oxygens (including phenoxy) is 1. The molecule has 0 saturated heterocycles. The van der Waals surface area contributed by atoms with E-state index >= 15 is 0 Å². The first-order chi connectivity index (χ1) is 12.5. The van der Waals surface area contributed by atoms with Gasteiger partial charge >= 0.3 is 0 Å². The lowest BCUT2D eigenvalue weighted by Crippen LogP contribution is -2.14. The van der Waals surface area contributed by atoms with Crippen LogP contribution in [0.15, 0.2) is 24.5 Å². The number of hydrogen-bond acceptors (Lipinski definition) is 8. The van der Waals surface area contributed by atoms with Gasteiger partial charge in [0.2, 0.25) is 5.88 Å². The van der Waals surface area contributed by atoms with Crippen molar-refractivity contribution in [3.05, 3.63) is 50.5 Å². The highest BCUT2D eigenvalue weighted by molar-refractivity contribution is 7.13. The van der Waals surface area contributed by atoms with E-state index in [0.29, 0.717) is 39.1 Å². The number of primary amides is 1. The number of nitrogens with two attached hydrogens (primary N) is 1. The molecule has 10 heteroatoms. The quantitative estimate of drug-likeness (QED) is 0.667. The Morgan fingerprint density at radius 1 is 1.27 bits per heavy atom. The average molecular weight is 389 g/mol. The van der Waals surface area contributed by atoms with Crippen molar-refractivity contribution in [2.24, 2.45) is 5.73 Å². The zero-order valence-corrected chi connectivity index (χ0v) is 15.6. The molecule has 3 aromatic rings. The number of carbonyl (C=O) groups excluding carboxylic acids is 2. The first-order valence-corrected chi connectivity index (χ1v) is 9.08.